The lowest BCUT2D eigenvalue weighted by molar-refractivity contribution is 0.308. The van der Waals surface area contributed by atoms with E-state index in [1.807, 2.05) is 31.7 Å². The second kappa shape index (κ2) is 6.37. The molecular formula is C11H16N6OS. The van der Waals surface area contributed by atoms with Gasteiger partial charge in [0.25, 0.3) is 0 Å². The minimum atomic E-state index is 0.324. The third kappa shape index (κ3) is 3.57. The third-order valence-corrected chi connectivity index (χ3v) is 3.10. The first-order valence-corrected chi connectivity index (χ1v) is 6.82. The summed E-state index contributed by atoms with van der Waals surface area (Å²) < 4.78 is 7.24. The van der Waals surface area contributed by atoms with Crippen LogP contribution in [0.5, 0.6) is 6.01 Å². The Morgan fingerprint density at radius 2 is 2.16 bits per heavy atom. The predicted molar refractivity (Wildman–Crippen MR) is 72.5 cm³/mol. The van der Waals surface area contributed by atoms with E-state index in [1.54, 1.807) is 6.20 Å². The minimum absolute atomic E-state index is 0.324. The monoisotopic (exact) mass is 280 g/mol. The molecule has 0 spiro atoms. The van der Waals surface area contributed by atoms with E-state index >= 15 is 0 Å². The summed E-state index contributed by atoms with van der Waals surface area (Å²) >= 11 is 1.37. The van der Waals surface area contributed by atoms with Crippen LogP contribution < -0.4 is 10.1 Å². The molecule has 0 fully saturated rings. The highest BCUT2D eigenvalue weighted by Crippen LogP contribution is 2.24. The molecular weight excluding hydrogens is 264 g/mol. The average Bonchev–Trinajstić information content (AvgIpc) is 2.76. The number of hydrogen-bond donors (Lipinski definition) is 1. The highest BCUT2D eigenvalue weighted by molar-refractivity contribution is 7.99. The summed E-state index contributed by atoms with van der Waals surface area (Å²) in [6.07, 6.45) is 3.61. The van der Waals surface area contributed by atoms with Crippen LogP contribution in [0.1, 0.15) is 13.8 Å². The molecule has 0 bridgehead atoms. The first kappa shape index (κ1) is 13.6. The number of imidazole rings is 1. The quantitative estimate of drug-likeness (QED) is 0.860. The molecule has 0 unspecified atom stereocenters. The first-order valence-electron chi connectivity index (χ1n) is 6.00. The van der Waals surface area contributed by atoms with Crippen molar-refractivity contribution in [3.63, 3.8) is 0 Å². The molecule has 0 aliphatic rings. The number of aryl methyl sites for hydroxylation is 1. The summed E-state index contributed by atoms with van der Waals surface area (Å²) in [5, 5.41) is 4.43. The van der Waals surface area contributed by atoms with Gasteiger partial charge in [-0.1, -0.05) is 0 Å². The van der Waals surface area contributed by atoms with E-state index in [0.29, 0.717) is 23.7 Å². The number of aromatic nitrogens is 5. The summed E-state index contributed by atoms with van der Waals surface area (Å²) in [6.45, 7) is 5.13. The van der Waals surface area contributed by atoms with Crippen LogP contribution in [0.15, 0.2) is 22.7 Å². The molecule has 102 valence electrons. The molecule has 2 heterocycles. The molecule has 0 saturated carbocycles. The molecule has 2 aromatic rings. The highest BCUT2D eigenvalue weighted by Gasteiger charge is 2.10. The van der Waals surface area contributed by atoms with Crippen molar-refractivity contribution in [3.05, 3.63) is 12.4 Å². The molecule has 8 heteroatoms. The Bertz CT molecular complexity index is 519. The molecule has 0 aromatic carbocycles. The van der Waals surface area contributed by atoms with Crippen LogP contribution in [0, 0.1) is 0 Å². The zero-order valence-electron chi connectivity index (χ0n) is 11.1. The van der Waals surface area contributed by atoms with E-state index in [0.717, 1.165) is 11.7 Å². The van der Waals surface area contributed by atoms with Crippen LogP contribution in [-0.2, 0) is 7.05 Å². The van der Waals surface area contributed by atoms with Crippen molar-refractivity contribution < 1.29 is 4.74 Å². The molecule has 0 aliphatic heterocycles. The summed E-state index contributed by atoms with van der Waals surface area (Å²) in [7, 11) is 1.92. The molecule has 0 atom stereocenters. The van der Waals surface area contributed by atoms with E-state index < -0.39 is 0 Å². The summed E-state index contributed by atoms with van der Waals surface area (Å²) in [6, 6.07) is 0.324. The molecule has 7 nitrogen and oxygen atoms in total. The van der Waals surface area contributed by atoms with Gasteiger partial charge in [-0.25, -0.2) is 4.98 Å². The minimum Gasteiger partial charge on any atom is -0.464 e. The van der Waals surface area contributed by atoms with Gasteiger partial charge in [-0.15, -0.1) is 0 Å². The van der Waals surface area contributed by atoms with Gasteiger partial charge in [0.2, 0.25) is 11.1 Å². The van der Waals surface area contributed by atoms with E-state index in [2.05, 4.69) is 25.3 Å². The molecule has 1 N–H and O–H groups in total. The largest absolute Gasteiger partial charge is 0.464 e. The van der Waals surface area contributed by atoms with Crippen molar-refractivity contribution >= 4 is 17.7 Å². The van der Waals surface area contributed by atoms with Gasteiger partial charge < -0.3 is 14.6 Å². The summed E-state index contributed by atoms with van der Waals surface area (Å²) in [5.41, 5.74) is 0. The van der Waals surface area contributed by atoms with Gasteiger partial charge >= 0.3 is 6.01 Å². The zero-order valence-corrected chi connectivity index (χ0v) is 11.9. The number of anilines is 1. The summed E-state index contributed by atoms with van der Waals surface area (Å²) in [5.74, 6) is 0.512. The standard InChI is InChI=1S/C11H16N6OS/c1-4-12-8-14-9(18-5-2)16-10(15-8)19-11-13-6-7-17(11)3/h6-7H,4-5H2,1-3H3,(H,12,14,15,16). The normalized spacial score (nSPS) is 10.5. The Morgan fingerprint density at radius 1 is 1.32 bits per heavy atom. The smallest absolute Gasteiger partial charge is 0.322 e. The van der Waals surface area contributed by atoms with Crippen LogP contribution in [0.3, 0.4) is 0 Å². The maximum Gasteiger partial charge on any atom is 0.322 e. The number of nitrogens with one attached hydrogen (secondary N) is 1. The van der Waals surface area contributed by atoms with E-state index in [1.165, 1.54) is 11.8 Å². The Balaban J connectivity index is 2.25. The fourth-order valence-electron chi connectivity index (χ4n) is 1.35. The maximum atomic E-state index is 5.34. The lowest BCUT2D eigenvalue weighted by atomic mass is 10.7. The number of hydrogen-bond acceptors (Lipinski definition) is 7. The van der Waals surface area contributed by atoms with Gasteiger partial charge in [0.1, 0.15) is 0 Å². The van der Waals surface area contributed by atoms with Crippen LogP contribution in [-0.4, -0.2) is 37.7 Å². The highest BCUT2D eigenvalue weighted by atomic mass is 32.2. The van der Waals surface area contributed by atoms with Gasteiger partial charge in [-0.3, -0.25) is 0 Å². The predicted octanol–water partition coefficient (Wildman–Crippen LogP) is 1.59. The Hall–Kier alpha value is -1.83. The van der Waals surface area contributed by atoms with Crippen molar-refractivity contribution in [1.29, 1.82) is 0 Å². The number of ether oxygens (including phenoxy) is 1. The average molecular weight is 280 g/mol. The molecule has 0 aliphatic carbocycles. The Labute approximate surface area is 115 Å². The second-order valence-corrected chi connectivity index (χ2v) is 4.54. The van der Waals surface area contributed by atoms with Crippen LogP contribution in [0.2, 0.25) is 0 Å². The molecule has 0 radical (unpaired) electrons. The molecule has 0 saturated heterocycles. The van der Waals surface area contributed by atoms with Crippen molar-refractivity contribution in [2.45, 2.75) is 24.2 Å². The van der Waals surface area contributed by atoms with Gasteiger partial charge in [0.05, 0.1) is 6.61 Å². The van der Waals surface area contributed by atoms with Gasteiger partial charge in [0, 0.05) is 26.0 Å². The van der Waals surface area contributed by atoms with Crippen molar-refractivity contribution in [2.24, 2.45) is 7.05 Å². The van der Waals surface area contributed by atoms with Crippen molar-refractivity contribution in [1.82, 2.24) is 24.5 Å². The number of rotatable bonds is 6. The van der Waals surface area contributed by atoms with E-state index in [-0.39, 0.29) is 0 Å². The maximum absolute atomic E-state index is 5.34. The fraction of sp³-hybridized carbons (Fsp3) is 0.455. The van der Waals surface area contributed by atoms with Gasteiger partial charge in [-0.2, -0.15) is 15.0 Å². The van der Waals surface area contributed by atoms with Crippen LogP contribution in [0.25, 0.3) is 0 Å². The third-order valence-electron chi connectivity index (χ3n) is 2.16. The first-order chi connectivity index (χ1) is 9.22. The molecule has 2 aromatic heterocycles. The topological polar surface area (TPSA) is 77.8 Å². The molecule has 19 heavy (non-hydrogen) atoms. The summed E-state index contributed by atoms with van der Waals surface area (Å²) in [4.78, 5) is 17.0. The Morgan fingerprint density at radius 3 is 2.79 bits per heavy atom. The Kier molecular flexibility index (Phi) is 4.56. The van der Waals surface area contributed by atoms with Crippen LogP contribution in [0.4, 0.5) is 5.95 Å². The lowest BCUT2D eigenvalue weighted by Crippen LogP contribution is -2.07. The van der Waals surface area contributed by atoms with Crippen LogP contribution >= 0.6 is 11.8 Å². The van der Waals surface area contributed by atoms with Crippen molar-refractivity contribution in [2.75, 3.05) is 18.5 Å². The van der Waals surface area contributed by atoms with E-state index in [9.17, 15) is 0 Å². The SMILES string of the molecule is CCNc1nc(OCC)nc(Sc2nccn2C)n1. The fourth-order valence-corrected chi connectivity index (χ4v) is 2.08. The van der Waals surface area contributed by atoms with E-state index in [4.69, 9.17) is 4.74 Å². The van der Waals surface area contributed by atoms with Gasteiger partial charge in [-0.05, 0) is 25.6 Å². The second-order valence-electron chi connectivity index (χ2n) is 3.61. The lowest BCUT2D eigenvalue weighted by Gasteiger charge is -2.07. The molecule has 0 amide bonds. The zero-order chi connectivity index (χ0) is 13.7. The molecule has 2 rings (SSSR count). The van der Waals surface area contributed by atoms with Gasteiger partial charge in [0.15, 0.2) is 5.16 Å². The number of nitrogens with zero attached hydrogens (tertiary/aromatic N) is 5. The van der Waals surface area contributed by atoms with Crippen molar-refractivity contribution in [3.8, 4) is 6.01 Å².